The molecule has 78 valence electrons. The number of fused-ring (bicyclic) bond motifs is 3. The Hall–Kier alpha value is -1.51. The van der Waals surface area contributed by atoms with E-state index >= 15 is 0 Å². The van der Waals surface area contributed by atoms with Gasteiger partial charge in [0.05, 0.1) is 13.0 Å². The molecule has 0 unspecified atom stereocenters. The van der Waals surface area contributed by atoms with Crippen molar-refractivity contribution in [3.63, 3.8) is 0 Å². The largest absolute Gasteiger partial charge is 0.497 e. The lowest BCUT2D eigenvalue weighted by Gasteiger charge is -2.07. The first-order chi connectivity index (χ1) is 7.22. The first-order valence-electron chi connectivity index (χ1n) is 5.12. The molecule has 1 N–H and O–H groups in total. The van der Waals surface area contributed by atoms with E-state index in [1.807, 2.05) is 18.2 Å². The zero-order valence-corrected chi connectivity index (χ0v) is 8.43. The van der Waals surface area contributed by atoms with Gasteiger partial charge in [0.1, 0.15) is 5.75 Å². The summed E-state index contributed by atoms with van der Waals surface area (Å²) in [5.74, 6) is 0.687. The Morgan fingerprint density at radius 2 is 2.33 bits per heavy atom. The fourth-order valence-corrected chi connectivity index (χ4v) is 2.85. The van der Waals surface area contributed by atoms with Gasteiger partial charge < -0.3 is 9.84 Å². The third kappa shape index (κ3) is 1.09. The van der Waals surface area contributed by atoms with E-state index in [1.165, 1.54) is 11.1 Å². The van der Waals surface area contributed by atoms with Gasteiger partial charge in [-0.2, -0.15) is 0 Å². The second kappa shape index (κ2) is 2.75. The highest BCUT2D eigenvalue weighted by Gasteiger charge is 2.59. The van der Waals surface area contributed by atoms with Crippen LogP contribution in [0, 0.1) is 11.8 Å². The summed E-state index contributed by atoms with van der Waals surface area (Å²) >= 11 is 0. The number of methoxy groups -OCH3 is 1. The van der Waals surface area contributed by atoms with Gasteiger partial charge in [0.15, 0.2) is 0 Å². The lowest BCUT2D eigenvalue weighted by atomic mass is 10.0. The van der Waals surface area contributed by atoms with Gasteiger partial charge in [-0.25, -0.2) is 0 Å². The van der Waals surface area contributed by atoms with E-state index in [0.29, 0.717) is 5.92 Å². The SMILES string of the molecule is COc1ccc2c(c1)C[C@H]1[C@H](C(=O)O)[C@@H]21. The van der Waals surface area contributed by atoms with Crippen LogP contribution in [0.2, 0.25) is 0 Å². The number of carboxylic acid groups (broad SMARTS) is 1. The van der Waals surface area contributed by atoms with Crippen LogP contribution in [0.1, 0.15) is 17.0 Å². The maximum absolute atomic E-state index is 10.9. The summed E-state index contributed by atoms with van der Waals surface area (Å²) in [5.41, 5.74) is 2.48. The molecule has 0 radical (unpaired) electrons. The molecule has 0 bridgehead atoms. The van der Waals surface area contributed by atoms with Crippen molar-refractivity contribution in [3.8, 4) is 5.75 Å². The zero-order valence-electron chi connectivity index (χ0n) is 8.43. The summed E-state index contributed by atoms with van der Waals surface area (Å²) in [4.78, 5) is 10.9. The Bertz CT molecular complexity index is 438. The number of hydrogen-bond acceptors (Lipinski definition) is 2. The quantitative estimate of drug-likeness (QED) is 0.797. The first-order valence-corrected chi connectivity index (χ1v) is 5.12. The van der Waals surface area contributed by atoms with Gasteiger partial charge in [-0.1, -0.05) is 6.07 Å². The van der Waals surface area contributed by atoms with Crippen LogP contribution in [0.3, 0.4) is 0 Å². The molecule has 0 aliphatic heterocycles. The van der Waals surface area contributed by atoms with Crippen LogP contribution in [-0.4, -0.2) is 18.2 Å². The molecule has 3 rings (SSSR count). The molecular weight excluding hydrogens is 192 g/mol. The van der Waals surface area contributed by atoms with E-state index in [9.17, 15) is 4.79 Å². The number of hydrogen-bond donors (Lipinski definition) is 1. The van der Waals surface area contributed by atoms with Gasteiger partial charge in [0, 0.05) is 5.92 Å². The molecule has 3 heteroatoms. The van der Waals surface area contributed by atoms with Crippen molar-refractivity contribution in [1.29, 1.82) is 0 Å². The van der Waals surface area contributed by atoms with Crippen LogP contribution in [-0.2, 0) is 11.2 Å². The summed E-state index contributed by atoms with van der Waals surface area (Å²) < 4.78 is 5.15. The van der Waals surface area contributed by atoms with Crippen molar-refractivity contribution in [1.82, 2.24) is 0 Å². The van der Waals surface area contributed by atoms with Crippen LogP contribution < -0.4 is 4.74 Å². The van der Waals surface area contributed by atoms with Crippen molar-refractivity contribution in [2.24, 2.45) is 11.8 Å². The second-order valence-electron chi connectivity index (χ2n) is 4.32. The fraction of sp³-hybridized carbons (Fsp3) is 0.417. The minimum Gasteiger partial charge on any atom is -0.497 e. The Morgan fingerprint density at radius 1 is 1.53 bits per heavy atom. The smallest absolute Gasteiger partial charge is 0.307 e. The second-order valence-corrected chi connectivity index (χ2v) is 4.32. The van der Waals surface area contributed by atoms with E-state index in [1.54, 1.807) is 7.11 Å². The summed E-state index contributed by atoms with van der Waals surface area (Å²) in [6, 6.07) is 5.96. The molecule has 3 nitrogen and oxygen atoms in total. The van der Waals surface area contributed by atoms with E-state index in [0.717, 1.165) is 12.2 Å². The third-order valence-corrected chi connectivity index (χ3v) is 3.62. The molecule has 2 aliphatic carbocycles. The number of carbonyl (C=O) groups is 1. The van der Waals surface area contributed by atoms with E-state index in [4.69, 9.17) is 9.84 Å². The highest BCUT2D eigenvalue weighted by molar-refractivity contribution is 5.77. The highest BCUT2D eigenvalue weighted by Crippen LogP contribution is 2.61. The van der Waals surface area contributed by atoms with Crippen LogP contribution in [0.4, 0.5) is 0 Å². The highest BCUT2D eigenvalue weighted by atomic mass is 16.5. The Morgan fingerprint density at radius 3 is 3.00 bits per heavy atom. The van der Waals surface area contributed by atoms with Gasteiger partial charge >= 0.3 is 5.97 Å². The molecule has 3 atom stereocenters. The molecule has 1 saturated carbocycles. The van der Waals surface area contributed by atoms with Crippen molar-refractivity contribution >= 4 is 5.97 Å². The molecule has 0 spiro atoms. The summed E-state index contributed by atoms with van der Waals surface area (Å²) in [6.45, 7) is 0. The average Bonchev–Trinajstić information content (AvgIpc) is 2.82. The fourth-order valence-electron chi connectivity index (χ4n) is 2.85. The molecule has 0 amide bonds. The number of ether oxygens (including phenoxy) is 1. The molecular formula is C12H12O3. The predicted molar refractivity (Wildman–Crippen MR) is 54.1 cm³/mol. The molecule has 1 aromatic carbocycles. The van der Waals surface area contributed by atoms with Gasteiger partial charge in [-0.05, 0) is 35.6 Å². The zero-order chi connectivity index (χ0) is 10.6. The van der Waals surface area contributed by atoms with Crippen LogP contribution >= 0.6 is 0 Å². The molecule has 0 aromatic heterocycles. The average molecular weight is 204 g/mol. The monoisotopic (exact) mass is 204 g/mol. The lowest BCUT2D eigenvalue weighted by Crippen LogP contribution is -2.05. The van der Waals surface area contributed by atoms with Gasteiger partial charge in [-0.15, -0.1) is 0 Å². The van der Waals surface area contributed by atoms with Crippen molar-refractivity contribution in [2.75, 3.05) is 7.11 Å². The molecule has 1 fully saturated rings. The molecule has 0 heterocycles. The topological polar surface area (TPSA) is 46.5 Å². The number of rotatable bonds is 2. The van der Waals surface area contributed by atoms with Gasteiger partial charge in [0.2, 0.25) is 0 Å². The standard InChI is InChI=1S/C12H12O3/c1-15-7-2-3-8-6(4-7)5-9-10(8)11(9)12(13)14/h2-4,9-11H,5H2,1H3,(H,13,14)/t9-,10+,11+/m1/s1. The Kier molecular flexibility index (Phi) is 1.61. The lowest BCUT2D eigenvalue weighted by molar-refractivity contribution is -0.139. The van der Waals surface area contributed by atoms with E-state index in [2.05, 4.69) is 0 Å². The van der Waals surface area contributed by atoms with Crippen molar-refractivity contribution in [2.45, 2.75) is 12.3 Å². The molecule has 2 aliphatic rings. The van der Waals surface area contributed by atoms with Gasteiger partial charge in [0.25, 0.3) is 0 Å². The molecule has 1 aromatic rings. The Balaban J connectivity index is 1.94. The minimum atomic E-state index is -0.647. The van der Waals surface area contributed by atoms with E-state index in [-0.39, 0.29) is 11.8 Å². The normalized spacial score (nSPS) is 30.6. The number of aliphatic carboxylic acids is 1. The Labute approximate surface area is 87.7 Å². The minimum absolute atomic E-state index is 0.133. The maximum Gasteiger partial charge on any atom is 0.307 e. The number of benzene rings is 1. The summed E-state index contributed by atoms with van der Waals surface area (Å²) in [6.07, 6.45) is 0.897. The van der Waals surface area contributed by atoms with Crippen LogP contribution in [0.5, 0.6) is 5.75 Å². The van der Waals surface area contributed by atoms with Crippen LogP contribution in [0.15, 0.2) is 18.2 Å². The molecule has 15 heavy (non-hydrogen) atoms. The number of carboxylic acids is 1. The third-order valence-electron chi connectivity index (χ3n) is 3.62. The van der Waals surface area contributed by atoms with Crippen molar-refractivity contribution < 1.29 is 14.6 Å². The summed E-state index contributed by atoms with van der Waals surface area (Å²) in [5, 5.41) is 8.96. The van der Waals surface area contributed by atoms with E-state index < -0.39 is 5.97 Å². The first kappa shape index (κ1) is 8.77. The van der Waals surface area contributed by atoms with Crippen LogP contribution in [0.25, 0.3) is 0 Å². The summed E-state index contributed by atoms with van der Waals surface area (Å²) in [7, 11) is 1.65. The predicted octanol–water partition coefficient (Wildman–Crippen LogP) is 1.67. The van der Waals surface area contributed by atoms with Gasteiger partial charge in [-0.3, -0.25) is 4.79 Å². The van der Waals surface area contributed by atoms with Crippen molar-refractivity contribution in [3.05, 3.63) is 29.3 Å². The maximum atomic E-state index is 10.9. The molecule has 0 saturated heterocycles.